The molecule has 0 radical (unpaired) electrons. The molecule has 1 heterocycles. The lowest BCUT2D eigenvalue weighted by molar-refractivity contribution is -0.384. The van der Waals surface area contributed by atoms with E-state index in [9.17, 15) is 19.7 Å². The van der Waals surface area contributed by atoms with E-state index in [4.69, 9.17) is 4.74 Å². The molecule has 0 aliphatic rings. The van der Waals surface area contributed by atoms with E-state index in [1.165, 1.54) is 25.3 Å². The number of methoxy groups -OCH3 is 1. The van der Waals surface area contributed by atoms with Crippen LogP contribution in [0.4, 0.5) is 11.4 Å². The van der Waals surface area contributed by atoms with Gasteiger partial charge in [0.2, 0.25) is 5.91 Å². The fourth-order valence-corrected chi connectivity index (χ4v) is 2.50. The number of anilines is 1. The monoisotopic (exact) mass is 369 g/mol. The van der Waals surface area contributed by atoms with Gasteiger partial charge < -0.3 is 10.1 Å². The summed E-state index contributed by atoms with van der Waals surface area (Å²) in [5, 5.41) is 21.6. The van der Waals surface area contributed by atoms with Crippen molar-refractivity contribution in [3.63, 3.8) is 0 Å². The van der Waals surface area contributed by atoms with Gasteiger partial charge in [-0.2, -0.15) is 0 Å². The predicted octanol–water partition coefficient (Wildman–Crippen LogP) is 1.74. The molecular weight excluding hydrogens is 354 g/mol. The van der Waals surface area contributed by atoms with Crippen LogP contribution in [-0.4, -0.2) is 32.9 Å². The first-order valence-electron chi connectivity index (χ1n) is 7.94. The molecular formula is C17H15N5O5. The topological polar surface area (TPSA) is 129 Å². The number of amides is 1. The van der Waals surface area contributed by atoms with Crippen LogP contribution in [0, 0.1) is 10.1 Å². The number of nitro benzene ring substituents is 1. The number of carbonyl (C=O) groups excluding carboxylic acids is 1. The molecule has 3 aromatic rings. The minimum absolute atomic E-state index is 0.0136. The number of nitrogens with one attached hydrogen (secondary N) is 1. The van der Waals surface area contributed by atoms with Gasteiger partial charge in [0.05, 0.1) is 29.7 Å². The van der Waals surface area contributed by atoms with Gasteiger partial charge in [-0.15, -0.1) is 5.10 Å². The Kier molecular flexibility index (Phi) is 5.06. The van der Waals surface area contributed by atoms with Gasteiger partial charge in [0, 0.05) is 18.6 Å². The van der Waals surface area contributed by atoms with E-state index in [0.29, 0.717) is 10.9 Å². The van der Waals surface area contributed by atoms with E-state index in [0.717, 1.165) is 4.68 Å². The highest BCUT2D eigenvalue weighted by Gasteiger charge is 2.14. The highest BCUT2D eigenvalue weighted by molar-refractivity contribution is 5.92. The lowest BCUT2D eigenvalue weighted by atomic mass is 10.2. The molecule has 1 aromatic heterocycles. The molecule has 0 bridgehead atoms. The lowest BCUT2D eigenvalue weighted by Gasteiger charge is -2.10. The van der Waals surface area contributed by atoms with E-state index in [-0.39, 0.29) is 35.6 Å². The SMILES string of the molecule is COc1ccc([N+](=O)[O-])cc1NC(=O)CCn1nnc2ccccc2c1=O. The van der Waals surface area contributed by atoms with E-state index in [1.54, 1.807) is 24.3 Å². The van der Waals surface area contributed by atoms with Gasteiger partial charge in [0.15, 0.2) is 0 Å². The van der Waals surface area contributed by atoms with E-state index in [2.05, 4.69) is 15.6 Å². The summed E-state index contributed by atoms with van der Waals surface area (Å²) in [4.78, 5) is 34.9. The molecule has 1 amide bonds. The molecule has 0 fully saturated rings. The number of fused-ring (bicyclic) bond motifs is 1. The molecule has 2 aromatic carbocycles. The van der Waals surface area contributed by atoms with Crippen LogP contribution in [-0.2, 0) is 11.3 Å². The number of nitro groups is 1. The summed E-state index contributed by atoms with van der Waals surface area (Å²) in [7, 11) is 1.39. The average molecular weight is 369 g/mol. The highest BCUT2D eigenvalue weighted by Crippen LogP contribution is 2.28. The smallest absolute Gasteiger partial charge is 0.277 e. The Morgan fingerprint density at radius 2 is 2.07 bits per heavy atom. The fourth-order valence-electron chi connectivity index (χ4n) is 2.50. The molecule has 0 aliphatic heterocycles. The first kappa shape index (κ1) is 18.0. The van der Waals surface area contributed by atoms with Crippen molar-refractivity contribution in [2.24, 2.45) is 0 Å². The summed E-state index contributed by atoms with van der Waals surface area (Å²) in [6.07, 6.45) is -0.0707. The van der Waals surface area contributed by atoms with Gasteiger partial charge in [0.1, 0.15) is 11.3 Å². The zero-order valence-electron chi connectivity index (χ0n) is 14.3. The molecule has 10 nitrogen and oxygen atoms in total. The van der Waals surface area contributed by atoms with Gasteiger partial charge in [-0.1, -0.05) is 17.3 Å². The normalized spacial score (nSPS) is 10.6. The number of nitrogens with zero attached hydrogens (tertiary/aromatic N) is 4. The molecule has 3 rings (SSSR count). The maximum absolute atomic E-state index is 12.4. The lowest BCUT2D eigenvalue weighted by Crippen LogP contribution is -2.26. The van der Waals surface area contributed by atoms with Gasteiger partial charge in [-0.25, -0.2) is 4.68 Å². The van der Waals surface area contributed by atoms with Crippen molar-refractivity contribution >= 4 is 28.2 Å². The van der Waals surface area contributed by atoms with Crippen molar-refractivity contribution in [3.05, 3.63) is 62.9 Å². The number of non-ortho nitro benzene ring substituents is 1. The molecule has 0 saturated heterocycles. The van der Waals surface area contributed by atoms with Crippen LogP contribution in [0.2, 0.25) is 0 Å². The predicted molar refractivity (Wildman–Crippen MR) is 96.7 cm³/mol. The third kappa shape index (κ3) is 3.89. The van der Waals surface area contributed by atoms with Crippen molar-refractivity contribution in [2.75, 3.05) is 12.4 Å². The van der Waals surface area contributed by atoms with E-state index < -0.39 is 10.8 Å². The van der Waals surface area contributed by atoms with Crippen LogP contribution in [0.5, 0.6) is 5.75 Å². The van der Waals surface area contributed by atoms with Crippen molar-refractivity contribution in [1.82, 2.24) is 15.0 Å². The van der Waals surface area contributed by atoms with Crippen LogP contribution >= 0.6 is 0 Å². The number of ether oxygens (including phenoxy) is 1. The van der Waals surface area contributed by atoms with Gasteiger partial charge in [-0.3, -0.25) is 19.7 Å². The Labute approximate surface area is 152 Å². The summed E-state index contributed by atoms with van der Waals surface area (Å²) in [5.41, 5.74) is 0.127. The van der Waals surface area contributed by atoms with Gasteiger partial charge >= 0.3 is 0 Å². The number of aromatic nitrogens is 3. The maximum atomic E-state index is 12.4. The third-order valence-electron chi connectivity index (χ3n) is 3.85. The molecule has 10 heteroatoms. The summed E-state index contributed by atoms with van der Waals surface area (Å²) in [5.74, 6) is -0.160. The Morgan fingerprint density at radius 3 is 2.81 bits per heavy atom. The summed E-state index contributed by atoms with van der Waals surface area (Å²) < 4.78 is 6.20. The maximum Gasteiger partial charge on any atom is 0.277 e. The molecule has 0 unspecified atom stereocenters. The summed E-state index contributed by atoms with van der Waals surface area (Å²) in [6, 6.07) is 10.7. The summed E-state index contributed by atoms with van der Waals surface area (Å²) >= 11 is 0. The Hall–Kier alpha value is -3.82. The summed E-state index contributed by atoms with van der Waals surface area (Å²) in [6.45, 7) is 0.0136. The second kappa shape index (κ2) is 7.60. The van der Waals surface area contributed by atoms with Crippen LogP contribution in [0.1, 0.15) is 6.42 Å². The second-order valence-electron chi connectivity index (χ2n) is 5.57. The number of carbonyl (C=O) groups is 1. The number of hydrogen-bond donors (Lipinski definition) is 1. The largest absolute Gasteiger partial charge is 0.495 e. The average Bonchev–Trinajstić information content (AvgIpc) is 2.67. The van der Waals surface area contributed by atoms with Crippen LogP contribution in [0.3, 0.4) is 0 Å². The van der Waals surface area contributed by atoms with Crippen LogP contribution in [0.25, 0.3) is 10.9 Å². The van der Waals surface area contributed by atoms with E-state index >= 15 is 0 Å². The Morgan fingerprint density at radius 1 is 1.30 bits per heavy atom. The highest BCUT2D eigenvalue weighted by atomic mass is 16.6. The van der Waals surface area contributed by atoms with E-state index in [1.807, 2.05) is 0 Å². The number of rotatable bonds is 6. The minimum atomic E-state index is -0.570. The molecule has 0 saturated carbocycles. The van der Waals surface area contributed by atoms with Crippen molar-refractivity contribution < 1.29 is 14.5 Å². The first-order chi connectivity index (χ1) is 13.0. The molecule has 0 atom stereocenters. The molecule has 0 aliphatic carbocycles. The first-order valence-corrected chi connectivity index (χ1v) is 7.94. The zero-order chi connectivity index (χ0) is 19.4. The molecule has 0 spiro atoms. The standard InChI is InChI=1S/C17H15N5O5/c1-27-15-7-6-11(22(25)26)10-14(15)18-16(23)8-9-21-17(24)12-4-2-3-5-13(12)19-20-21/h2-7,10H,8-9H2,1H3,(H,18,23). The van der Waals surface area contributed by atoms with Gasteiger partial charge in [-0.05, 0) is 18.2 Å². The van der Waals surface area contributed by atoms with Crippen LogP contribution in [0.15, 0.2) is 47.3 Å². The van der Waals surface area contributed by atoms with Crippen molar-refractivity contribution in [2.45, 2.75) is 13.0 Å². The minimum Gasteiger partial charge on any atom is -0.495 e. The zero-order valence-corrected chi connectivity index (χ0v) is 14.3. The quantitative estimate of drug-likeness (QED) is 0.517. The number of hydrogen-bond acceptors (Lipinski definition) is 7. The van der Waals surface area contributed by atoms with Crippen molar-refractivity contribution in [1.29, 1.82) is 0 Å². The van der Waals surface area contributed by atoms with Crippen LogP contribution < -0.4 is 15.6 Å². The third-order valence-corrected chi connectivity index (χ3v) is 3.85. The Balaban J connectivity index is 1.74. The number of benzene rings is 2. The number of aryl methyl sites for hydroxylation is 1. The Bertz CT molecular complexity index is 1080. The van der Waals surface area contributed by atoms with Gasteiger partial charge in [0.25, 0.3) is 11.2 Å². The fraction of sp³-hybridized carbons (Fsp3) is 0.176. The van der Waals surface area contributed by atoms with Crippen molar-refractivity contribution in [3.8, 4) is 5.75 Å². The molecule has 138 valence electrons. The second-order valence-corrected chi connectivity index (χ2v) is 5.57. The molecule has 1 N–H and O–H groups in total. The molecule has 27 heavy (non-hydrogen) atoms.